The van der Waals surface area contributed by atoms with Gasteiger partial charge in [-0.15, -0.1) is 0 Å². The fraction of sp³-hybridized carbons (Fsp3) is 0.400. The summed E-state index contributed by atoms with van der Waals surface area (Å²) in [6.07, 6.45) is 3.56. The van der Waals surface area contributed by atoms with Crippen LogP contribution in [0.4, 0.5) is 4.39 Å². The van der Waals surface area contributed by atoms with Gasteiger partial charge in [0.15, 0.2) is 0 Å². The molecule has 2 heterocycles. The maximum atomic E-state index is 13.7. The van der Waals surface area contributed by atoms with E-state index in [9.17, 15) is 9.50 Å². The summed E-state index contributed by atoms with van der Waals surface area (Å²) in [7, 11) is 0. The summed E-state index contributed by atoms with van der Waals surface area (Å²) in [4.78, 5) is 2.12. The van der Waals surface area contributed by atoms with Crippen LogP contribution in [0.15, 0.2) is 36.7 Å². The smallest absolute Gasteiger partial charge is 0.129 e. The quantitative estimate of drug-likeness (QED) is 0.944. The van der Waals surface area contributed by atoms with Gasteiger partial charge < -0.3 is 5.11 Å². The van der Waals surface area contributed by atoms with Crippen LogP contribution in [0.2, 0.25) is 5.02 Å². The summed E-state index contributed by atoms with van der Waals surface area (Å²) in [5.41, 5.74) is 0.350. The van der Waals surface area contributed by atoms with Gasteiger partial charge in [0, 0.05) is 31.4 Å². The van der Waals surface area contributed by atoms with Gasteiger partial charge in [0.1, 0.15) is 5.82 Å². The summed E-state index contributed by atoms with van der Waals surface area (Å²) < 4.78 is 15.5. The largest absolute Gasteiger partial charge is 0.387 e. The van der Waals surface area contributed by atoms with E-state index < -0.39 is 6.10 Å². The molecule has 6 heteroatoms. The molecule has 1 fully saturated rings. The van der Waals surface area contributed by atoms with Crippen molar-refractivity contribution in [2.24, 2.45) is 0 Å². The lowest BCUT2D eigenvalue weighted by Gasteiger charge is -2.20. The Kier molecular flexibility index (Phi) is 4.24. The first-order valence-corrected chi connectivity index (χ1v) is 7.36. The number of benzene rings is 1. The van der Waals surface area contributed by atoms with Crippen molar-refractivity contribution < 1.29 is 9.50 Å². The van der Waals surface area contributed by atoms with Crippen LogP contribution in [0.5, 0.6) is 0 Å². The van der Waals surface area contributed by atoms with Gasteiger partial charge in [0.2, 0.25) is 0 Å². The number of β-amino-alcohol motifs (C(OH)–C–C–N with tert-alkyl or cyclic N) is 1. The highest BCUT2D eigenvalue weighted by molar-refractivity contribution is 6.30. The summed E-state index contributed by atoms with van der Waals surface area (Å²) in [5, 5.41) is 15.0. The normalized spacial score (nSPS) is 20.8. The van der Waals surface area contributed by atoms with Crippen LogP contribution in [0.25, 0.3) is 0 Å². The van der Waals surface area contributed by atoms with Crippen LogP contribution < -0.4 is 0 Å². The van der Waals surface area contributed by atoms with Crippen molar-refractivity contribution in [2.45, 2.75) is 18.6 Å². The molecule has 1 aromatic carbocycles. The number of rotatable bonds is 4. The van der Waals surface area contributed by atoms with E-state index in [1.165, 1.54) is 6.07 Å². The average Bonchev–Trinajstić information content (AvgIpc) is 3.08. The van der Waals surface area contributed by atoms with Crippen LogP contribution in [0, 0.1) is 5.82 Å². The molecule has 0 bridgehead atoms. The molecule has 1 aliphatic heterocycles. The second-order valence-electron chi connectivity index (χ2n) is 5.38. The molecule has 2 unspecified atom stereocenters. The summed E-state index contributed by atoms with van der Waals surface area (Å²) in [6, 6.07) is 6.61. The minimum atomic E-state index is -0.814. The molecule has 2 aromatic rings. The third kappa shape index (κ3) is 3.26. The summed E-state index contributed by atoms with van der Waals surface area (Å²) >= 11 is 5.88. The molecule has 3 rings (SSSR count). The van der Waals surface area contributed by atoms with Crippen LogP contribution in [-0.2, 0) is 0 Å². The molecule has 0 radical (unpaired) electrons. The number of aromatic nitrogens is 2. The van der Waals surface area contributed by atoms with Crippen molar-refractivity contribution >= 4 is 11.6 Å². The second-order valence-corrected chi connectivity index (χ2v) is 5.81. The fourth-order valence-corrected chi connectivity index (χ4v) is 2.94. The molecule has 0 spiro atoms. The topological polar surface area (TPSA) is 41.3 Å². The average molecular weight is 310 g/mol. The molecule has 1 aliphatic rings. The highest BCUT2D eigenvalue weighted by Crippen LogP contribution is 2.25. The fourth-order valence-electron chi connectivity index (χ4n) is 2.80. The first kappa shape index (κ1) is 14.5. The molecular weight excluding hydrogens is 293 g/mol. The van der Waals surface area contributed by atoms with Gasteiger partial charge >= 0.3 is 0 Å². The van der Waals surface area contributed by atoms with E-state index >= 15 is 0 Å². The molecule has 2 atom stereocenters. The Labute approximate surface area is 127 Å². The Morgan fingerprint density at radius 2 is 2.24 bits per heavy atom. The van der Waals surface area contributed by atoms with Crippen LogP contribution in [0.3, 0.4) is 0 Å². The first-order chi connectivity index (χ1) is 10.1. The van der Waals surface area contributed by atoms with Crippen molar-refractivity contribution in [3.63, 3.8) is 0 Å². The molecule has 1 N–H and O–H groups in total. The van der Waals surface area contributed by atoms with Crippen LogP contribution in [-0.4, -0.2) is 39.4 Å². The molecule has 1 saturated heterocycles. The van der Waals surface area contributed by atoms with Gasteiger partial charge in [-0.1, -0.05) is 29.8 Å². The highest BCUT2D eigenvalue weighted by Gasteiger charge is 2.26. The first-order valence-electron chi connectivity index (χ1n) is 6.98. The molecule has 0 aliphatic carbocycles. The standard InChI is InChI=1S/C15H17ClFN3O/c16-11-7-18-20(8-11)12-5-6-19(9-12)10-15(21)13-3-1-2-4-14(13)17/h1-4,7-8,12,15,21H,5-6,9-10H2. The lowest BCUT2D eigenvalue weighted by molar-refractivity contribution is 0.120. The van der Waals surface area contributed by atoms with Gasteiger partial charge in [0.25, 0.3) is 0 Å². The maximum Gasteiger partial charge on any atom is 0.129 e. The number of likely N-dealkylation sites (tertiary alicyclic amines) is 1. The lowest BCUT2D eigenvalue weighted by Crippen LogP contribution is -2.27. The van der Waals surface area contributed by atoms with Crippen LogP contribution in [0.1, 0.15) is 24.1 Å². The van der Waals surface area contributed by atoms with Gasteiger partial charge in [-0.05, 0) is 12.5 Å². The number of aliphatic hydroxyl groups excluding tert-OH is 1. The van der Waals surface area contributed by atoms with E-state index in [0.717, 1.165) is 19.5 Å². The Hall–Kier alpha value is -1.43. The van der Waals surface area contributed by atoms with E-state index in [4.69, 9.17) is 11.6 Å². The van der Waals surface area contributed by atoms with Gasteiger partial charge in [-0.25, -0.2) is 4.39 Å². The van der Waals surface area contributed by atoms with Crippen molar-refractivity contribution in [2.75, 3.05) is 19.6 Å². The van der Waals surface area contributed by atoms with Crippen molar-refractivity contribution in [3.8, 4) is 0 Å². The molecule has 1 aromatic heterocycles. The number of nitrogens with zero attached hydrogens (tertiary/aromatic N) is 3. The highest BCUT2D eigenvalue weighted by atomic mass is 35.5. The third-order valence-electron chi connectivity index (χ3n) is 3.89. The number of aliphatic hydroxyl groups is 1. The van der Waals surface area contributed by atoms with Gasteiger partial charge in [0.05, 0.1) is 23.4 Å². The molecule has 0 saturated carbocycles. The zero-order valence-corrected chi connectivity index (χ0v) is 12.2. The number of hydrogen-bond acceptors (Lipinski definition) is 3. The van der Waals surface area contributed by atoms with Gasteiger partial charge in [-0.3, -0.25) is 9.58 Å². The summed E-state index contributed by atoms with van der Waals surface area (Å²) in [5.74, 6) is -0.361. The predicted molar refractivity (Wildman–Crippen MR) is 78.7 cm³/mol. The van der Waals surface area contributed by atoms with E-state index in [-0.39, 0.29) is 11.9 Å². The Bertz CT molecular complexity index is 618. The molecule has 21 heavy (non-hydrogen) atoms. The lowest BCUT2D eigenvalue weighted by atomic mass is 10.1. The second kappa shape index (κ2) is 6.13. The Morgan fingerprint density at radius 1 is 1.43 bits per heavy atom. The number of halogens is 2. The van der Waals surface area contributed by atoms with E-state index in [1.807, 2.05) is 10.9 Å². The molecular formula is C15H17ClFN3O. The van der Waals surface area contributed by atoms with E-state index in [2.05, 4.69) is 10.00 Å². The van der Waals surface area contributed by atoms with E-state index in [1.54, 1.807) is 24.4 Å². The SMILES string of the molecule is OC(CN1CCC(n2cc(Cl)cn2)C1)c1ccccc1F. The maximum absolute atomic E-state index is 13.7. The minimum Gasteiger partial charge on any atom is -0.387 e. The molecule has 4 nitrogen and oxygen atoms in total. The van der Waals surface area contributed by atoms with E-state index in [0.29, 0.717) is 17.1 Å². The molecule has 0 amide bonds. The Balaban J connectivity index is 1.61. The van der Waals surface area contributed by atoms with Gasteiger partial charge in [-0.2, -0.15) is 5.10 Å². The Morgan fingerprint density at radius 3 is 2.95 bits per heavy atom. The zero-order valence-electron chi connectivity index (χ0n) is 11.5. The monoisotopic (exact) mass is 309 g/mol. The molecule has 112 valence electrons. The van der Waals surface area contributed by atoms with Crippen molar-refractivity contribution in [1.29, 1.82) is 0 Å². The predicted octanol–water partition coefficient (Wildman–Crippen LogP) is 2.66. The summed E-state index contributed by atoms with van der Waals surface area (Å²) in [6.45, 7) is 2.06. The van der Waals surface area contributed by atoms with Crippen molar-refractivity contribution in [1.82, 2.24) is 14.7 Å². The number of hydrogen-bond donors (Lipinski definition) is 1. The third-order valence-corrected chi connectivity index (χ3v) is 4.08. The van der Waals surface area contributed by atoms with Crippen molar-refractivity contribution in [3.05, 3.63) is 53.1 Å². The zero-order chi connectivity index (χ0) is 14.8. The van der Waals surface area contributed by atoms with Crippen LogP contribution >= 0.6 is 11.6 Å². The minimum absolute atomic E-state index is 0.255.